The third-order valence-corrected chi connectivity index (χ3v) is 3.11. The predicted molar refractivity (Wildman–Crippen MR) is 70.4 cm³/mol. The zero-order valence-corrected chi connectivity index (χ0v) is 12.2. The minimum Gasteiger partial charge on any atom is -0.410 e. The van der Waals surface area contributed by atoms with Crippen molar-refractivity contribution in [2.45, 2.75) is 40.0 Å². The molecule has 1 atom stereocenters. The van der Waals surface area contributed by atoms with Gasteiger partial charge in [-0.15, -0.1) is 0 Å². The van der Waals surface area contributed by atoms with Crippen molar-refractivity contribution in [2.24, 2.45) is 5.41 Å². The zero-order valence-electron chi connectivity index (χ0n) is 11.2. The summed E-state index contributed by atoms with van der Waals surface area (Å²) < 4.78 is 6.05. The average molecular weight is 250 g/mol. The van der Waals surface area contributed by atoms with Crippen molar-refractivity contribution >= 4 is 15.3 Å². The Balaban J connectivity index is 3.17. The van der Waals surface area contributed by atoms with Gasteiger partial charge in [-0.25, -0.2) is 0 Å². The van der Waals surface area contributed by atoms with Crippen LogP contribution in [0.1, 0.15) is 42.9 Å². The molecule has 1 unspecified atom stereocenters. The van der Waals surface area contributed by atoms with Crippen LogP contribution >= 0.6 is 0 Å². The molecule has 1 heterocycles. The smallest absolute Gasteiger partial charge is 0.205 e. The molecule has 1 radical (unpaired) electrons. The Morgan fingerprint density at radius 2 is 2.06 bits per heavy atom. The van der Waals surface area contributed by atoms with Gasteiger partial charge in [-0.1, -0.05) is 26.8 Å². The number of hydrogen-bond donors (Lipinski definition) is 0. The van der Waals surface area contributed by atoms with Gasteiger partial charge in [-0.05, 0) is 24.6 Å². The number of carbonyl (C=O) groups is 1. The molecule has 0 N–H and O–H groups in total. The summed E-state index contributed by atoms with van der Waals surface area (Å²) in [5.74, 6) is 0. The van der Waals surface area contributed by atoms with Gasteiger partial charge in [0.1, 0.15) is 5.69 Å². The van der Waals surface area contributed by atoms with E-state index in [0.717, 1.165) is 11.8 Å². The summed E-state index contributed by atoms with van der Waals surface area (Å²) in [6.45, 7) is 10.5. The molecule has 93 valence electrons. The molecule has 0 amide bonds. The molecular weight excluding hydrogens is 230 g/mol. The van der Waals surface area contributed by atoms with E-state index in [9.17, 15) is 4.79 Å². The fourth-order valence-electron chi connectivity index (χ4n) is 1.69. The van der Waals surface area contributed by atoms with Gasteiger partial charge in [0.15, 0.2) is 6.29 Å². The number of aromatic nitrogens is 1. The van der Waals surface area contributed by atoms with Crippen LogP contribution in [-0.4, -0.2) is 20.3 Å². The first-order valence-corrected chi connectivity index (χ1v) is 8.14. The van der Waals surface area contributed by atoms with Gasteiger partial charge in [0.2, 0.25) is 9.04 Å². The summed E-state index contributed by atoms with van der Waals surface area (Å²) in [6.07, 6.45) is 2.35. The Bertz CT molecular complexity index is 385. The standard InChI is InChI=1S/C13H20NO2Si/c1-13(2,3)12(16-17(4)5)10-7-6-8-14-11(10)9-15/h6-9,12H,1-5H3. The second kappa shape index (κ2) is 5.56. The molecule has 0 aliphatic heterocycles. The van der Waals surface area contributed by atoms with E-state index in [0.29, 0.717) is 5.69 Å². The lowest BCUT2D eigenvalue weighted by Gasteiger charge is -2.33. The van der Waals surface area contributed by atoms with Gasteiger partial charge < -0.3 is 4.43 Å². The van der Waals surface area contributed by atoms with Crippen LogP contribution in [0.15, 0.2) is 18.3 Å². The number of nitrogens with zero attached hydrogens (tertiary/aromatic N) is 1. The van der Waals surface area contributed by atoms with E-state index in [1.54, 1.807) is 6.20 Å². The fourth-order valence-corrected chi connectivity index (χ4v) is 2.64. The van der Waals surface area contributed by atoms with Crippen LogP contribution in [-0.2, 0) is 4.43 Å². The van der Waals surface area contributed by atoms with E-state index in [1.165, 1.54) is 0 Å². The molecule has 1 aromatic rings. The lowest BCUT2D eigenvalue weighted by atomic mass is 9.84. The van der Waals surface area contributed by atoms with Crippen molar-refractivity contribution in [3.8, 4) is 0 Å². The minimum absolute atomic E-state index is 0.0528. The van der Waals surface area contributed by atoms with Crippen LogP contribution < -0.4 is 0 Å². The van der Waals surface area contributed by atoms with Crippen molar-refractivity contribution in [3.63, 3.8) is 0 Å². The monoisotopic (exact) mass is 250 g/mol. The molecular formula is C13H20NO2Si. The summed E-state index contributed by atoms with van der Waals surface area (Å²) in [7, 11) is -0.831. The molecule has 17 heavy (non-hydrogen) atoms. The Kier molecular flexibility index (Phi) is 4.59. The highest BCUT2D eigenvalue weighted by molar-refractivity contribution is 6.48. The quantitative estimate of drug-likeness (QED) is 0.608. The molecule has 1 aromatic heterocycles. The topological polar surface area (TPSA) is 39.2 Å². The van der Waals surface area contributed by atoms with Gasteiger partial charge in [-0.3, -0.25) is 9.78 Å². The maximum absolute atomic E-state index is 11.0. The third-order valence-electron chi connectivity index (χ3n) is 2.41. The highest BCUT2D eigenvalue weighted by atomic mass is 28.3. The number of aldehydes is 1. The largest absolute Gasteiger partial charge is 0.410 e. The molecule has 0 aliphatic rings. The Hall–Kier alpha value is -1.00. The molecule has 3 nitrogen and oxygen atoms in total. The van der Waals surface area contributed by atoms with Crippen molar-refractivity contribution in [1.29, 1.82) is 0 Å². The second-order valence-electron chi connectivity index (χ2n) is 5.37. The van der Waals surface area contributed by atoms with Crippen LogP contribution in [0.4, 0.5) is 0 Å². The second-order valence-corrected chi connectivity index (χ2v) is 7.42. The highest BCUT2D eigenvalue weighted by Crippen LogP contribution is 2.37. The van der Waals surface area contributed by atoms with Crippen LogP contribution in [0.3, 0.4) is 0 Å². The van der Waals surface area contributed by atoms with Crippen LogP contribution in [0.2, 0.25) is 13.1 Å². The number of carbonyl (C=O) groups excluding carboxylic acids is 1. The van der Waals surface area contributed by atoms with Crippen molar-refractivity contribution < 1.29 is 9.22 Å². The van der Waals surface area contributed by atoms with E-state index < -0.39 is 9.04 Å². The summed E-state index contributed by atoms with van der Waals surface area (Å²) in [6, 6.07) is 3.78. The third kappa shape index (κ3) is 3.75. The van der Waals surface area contributed by atoms with Crippen LogP contribution in [0, 0.1) is 5.41 Å². The fraction of sp³-hybridized carbons (Fsp3) is 0.538. The van der Waals surface area contributed by atoms with Gasteiger partial charge in [0.05, 0.1) is 6.10 Å². The van der Waals surface area contributed by atoms with Gasteiger partial charge in [0, 0.05) is 11.8 Å². The Morgan fingerprint density at radius 3 is 2.53 bits per heavy atom. The molecule has 0 saturated heterocycles. The molecule has 4 heteroatoms. The maximum Gasteiger partial charge on any atom is 0.205 e. The van der Waals surface area contributed by atoms with Gasteiger partial charge in [0.25, 0.3) is 0 Å². The zero-order chi connectivity index (χ0) is 13.1. The summed E-state index contributed by atoms with van der Waals surface area (Å²) in [4.78, 5) is 15.1. The van der Waals surface area contributed by atoms with E-state index in [2.05, 4.69) is 38.8 Å². The molecule has 0 spiro atoms. The average Bonchev–Trinajstić information content (AvgIpc) is 2.24. The van der Waals surface area contributed by atoms with E-state index in [-0.39, 0.29) is 11.5 Å². The van der Waals surface area contributed by atoms with Crippen LogP contribution in [0.5, 0.6) is 0 Å². The number of hydrogen-bond acceptors (Lipinski definition) is 3. The normalized spacial score (nSPS) is 13.8. The molecule has 1 rings (SSSR count). The summed E-state index contributed by atoms with van der Waals surface area (Å²) in [5, 5.41) is 0. The Morgan fingerprint density at radius 1 is 1.41 bits per heavy atom. The first kappa shape index (κ1) is 14.1. The van der Waals surface area contributed by atoms with Gasteiger partial charge >= 0.3 is 0 Å². The summed E-state index contributed by atoms with van der Waals surface area (Å²) >= 11 is 0. The van der Waals surface area contributed by atoms with E-state index in [1.807, 2.05) is 12.1 Å². The Labute approximate surface area is 105 Å². The first-order valence-electron chi connectivity index (χ1n) is 5.73. The highest BCUT2D eigenvalue weighted by Gasteiger charge is 2.30. The van der Waals surface area contributed by atoms with Crippen LogP contribution in [0.25, 0.3) is 0 Å². The molecule has 0 aliphatic carbocycles. The molecule has 0 saturated carbocycles. The molecule has 0 aromatic carbocycles. The van der Waals surface area contributed by atoms with Crippen molar-refractivity contribution in [2.75, 3.05) is 0 Å². The van der Waals surface area contributed by atoms with Crippen molar-refractivity contribution in [1.82, 2.24) is 4.98 Å². The lowest BCUT2D eigenvalue weighted by Crippen LogP contribution is -2.27. The molecule has 0 bridgehead atoms. The van der Waals surface area contributed by atoms with Gasteiger partial charge in [-0.2, -0.15) is 0 Å². The minimum atomic E-state index is -0.831. The predicted octanol–water partition coefficient (Wildman–Crippen LogP) is 3.25. The molecule has 0 fully saturated rings. The van der Waals surface area contributed by atoms with E-state index >= 15 is 0 Å². The SMILES string of the molecule is C[Si](C)OC(c1cccnc1C=O)C(C)(C)C. The maximum atomic E-state index is 11.0. The van der Waals surface area contributed by atoms with Crippen molar-refractivity contribution in [3.05, 3.63) is 29.6 Å². The first-order chi connectivity index (χ1) is 7.86. The number of pyridine rings is 1. The summed E-state index contributed by atoms with van der Waals surface area (Å²) in [5.41, 5.74) is 1.32. The van der Waals surface area contributed by atoms with E-state index in [4.69, 9.17) is 4.43 Å². The lowest BCUT2D eigenvalue weighted by molar-refractivity contribution is 0.0844. The number of rotatable bonds is 4.